The number of anilines is 1. The van der Waals surface area contributed by atoms with Crippen molar-refractivity contribution in [1.82, 2.24) is 20.1 Å². The lowest BCUT2D eigenvalue weighted by Crippen LogP contribution is -2.34. The summed E-state index contributed by atoms with van der Waals surface area (Å²) in [5.74, 6) is 2.22. The van der Waals surface area contributed by atoms with Gasteiger partial charge in [-0.25, -0.2) is 0 Å². The van der Waals surface area contributed by atoms with Crippen LogP contribution in [0, 0.1) is 5.92 Å². The lowest BCUT2D eigenvalue weighted by Gasteiger charge is -2.31. The lowest BCUT2D eigenvalue weighted by molar-refractivity contribution is -0.118. The SMILES string of the molecule is CC1CCN(c2nnc(SCC(=O)NCc3cccs3)n2C2CC2)CC1. The number of thiophene rings is 1. The fourth-order valence-electron chi connectivity index (χ4n) is 3.22. The van der Waals surface area contributed by atoms with Crippen molar-refractivity contribution in [3.8, 4) is 0 Å². The van der Waals surface area contributed by atoms with Crippen molar-refractivity contribution in [2.24, 2.45) is 5.92 Å². The molecule has 2 aromatic heterocycles. The maximum Gasteiger partial charge on any atom is 0.230 e. The number of carbonyl (C=O) groups excluding carboxylic acids is 1. The average Bonchev–Trinajstić information content (AvgIpc) is 3.18. The van der Waals surface area contributed by atoms with Crippen LogP contribution in [0.15, 0.2) is 22.7 Å². The number of thioether (sulfide) groups is 1. The molecule has 0 aromatic carbocycles. The molecule has 0 radical (unpaired) electrons. The third-order valence-electron chi connectivity index (χ3n) is 5.00. The third-order valence-corrected chi connectivity index (χ3v) is 6.82. The van der Waals surface area contributed by atoms with Gasteiger partial charge in [0.15, 0.2) is 5.16 Å². The topological polar surface area (TPSA) is 63.1 Å². The number of aromatic nitrogens is 3. The van der Waals surface area contributed by atoms with E-state index in [-0.39, 0.29) is 5.91 Å². The minimum Gasteiger partial charge on any atom is -0.350 e. The predicted octanol–water partition coefficient (Wildman–Crippen LogP) is 3.32. The van der Waals surface area contributed by atoms with Crippen molar-refractivity contribution in [3.05, 3.63) is 22.4 Å². The second kappa shape index (κ2) is 8.00. The highest BCUT2D eigenvalue weighted by Gasteiger charge is 2.32. The summed E-state index contributed by atoms with van der Waals surface area (Å²) < 4.78 is 2.27. The van der Waals surface area contributed by atoms with Gasteiger partial charge in [-0.05, 0) is 43.0 Å². The Kier molecular flexibility index (Phi) is 5.49. The summed E-state index contributed by atoms with van der Waals surface area (Å²) in [5.41, 5.74) is 0. The lowest BCUT2D eigenvalue weighted by atomic mass is 10.00. The molecule has 3 heterocycles. The fraction of sp³-hybridized carbons (Fsp3) is 0.611. The van der Waals surface area contributed by atoms with Crippen LogP contribution in [0.4, 0.5) is 5.95 Å². The van der Waals surface area contributed by atoms with E-state index in [1.165, 1.54) is 42.3 Å². The van der Waals surface area contributed by atoms with Gasteiger partial charge in [-0.3, -0.25) is 9.36 Å². The maximum absolute atomic E-state index is 12.2. The molecule has 1 N–H and O–H groups in total. The molecule has 1 saturated heterocycles. The Morgan fingerprint density at radius 2 is 2.12 bits per heavy atom. The first-order valence-corrected chi connectivity index (χ1v) is 11.2. The molecule has 2 fully saturated rings. The van der Waals surface area contributed by atoms with Gasteiger partial charge in [0.05, 0.1) is 12.3 Å². The minimum absolute atomic E-state index is 0.0436. The van der Waals surface area contributed by atoms with Gasteiger partial charge in [0, 0.05) is 24.0 Å². The number of nitrogens with zero attached hydrogens (tertiary/aromatic N) is 4. The zero-order chi connectivity index (χ0) is 17.9. The van der Waals surface area contributed by atoms with E-state index in [2.05, 4.69) is 31.9 Å². The summed E-state index contributed by atoms with van der Waals surface area (Å²) in [7, 11) is 0. The molecule has 0 unspecified atom stereocenters. The number of rotatable bonds is 7. The number of nitrogens with one attached hydrogen (secondary N) is 1. The summed E-state index contributed by atoms with van der Waals surface area (Å²) in [6.07, 6.45) is 4.80. The Balaban J connectivity index is 1.36. The third kappa shape index (κ3) is 4.23. The van der Waals surface area contributed by atoms with Gasteiger partial charge >= 0.3 is 0 Å². The minimum atomic E-state index is 0.0436. The molecule has 0 bridgehead atoms. The molecule has 8 heteroatoms. The molecular weight excluding hydrogens is 366 g/mol. The van der Waals surface area contributed by atoms with Gasteiger partial charge < -0.3 is 10.2 Å². The van der Waals surface area contributed by atoms with Crippen molar-refractivity contribution < 1.29 is 4.79 Å². The molecule has 6 nitrogen and oxygen atoms in total. The monoisotopic (exact) mass is 391 g/mol. The summed E-state index contributed by atoms with van der Waals surface area (Å²) in [5, 5.41) is 14.8. The number of amides is 1. The van der Waals surface area contributed by atoms with Crippen molar-refractivity contribution in [2.75, 3.05) is 23.7 Å². The van der Waals surface area contributed by atoms with Crippen molar-refractivity contribution in [3.63, 3.8) is 0 Å². The largest absolute Gasteiger partial charge is 0.350 e. The molecular formula is C18H25N5OS2. The molecule has 4 rings (SSSR count). The highest BCUT2D eigenvalue weighted by atomic mass is 32.2. The summed E-state index contributed by atoms with van der Waals surface area (Å²) in [4.78, 5) is 15.7. The van der Waals surface area contributed by atoms with Crippen LogP contribution >= 0.6 is 23.1 Å². The van der Waals surface area contributed by atoms with Crippen LogP contribution in [0.25, 0.3) is 0 Å². The molecule has 1 amide bonds. The smallest absolute Gasteiger partial charge is 0.230 e. The molecule has 140 valence electrons. The first kappa shape index (κ1) is 17.9. The zero-order valence-corrected chi connectivity index (χ0v) is 16.7. The number of hydrogen-bond donors (Lipinski definition) is 1. The van der Waals surface area contributed by atoms with E-state index in [9.17, 15) is 4.79 Å². The van der Waals surface area contributed by atoms with E-state index in [1.807, 2.05) is 17.5 Å². The Bertz CT molecular complexity index is 733. The van der Waals surface area contributed by atoms with E-state index < -0.39 is 0 Å². The highest BCUT2D eigenvalue weighted by Crippen LogP contribution is 2.41. The van der Waals surface area contributed by atoms with E-state index in [0.717, 1.165) is 30.1 Å². The normalized spacial score (nSPS) is 18.3. The Morgan fingerprint density at radius 1 is 1.31 bits per heavy atom. The van der Waals surface area contributed by atoms with Gasteiger partial charge in [-0.15, -0.1) is 21.5 Å². The molecule has 26 heavy (non-hydrogen) atoms. The van der Waals surface area contributed by atoms with Crippen LogP contribution in [-0.4, -0.2) is 39.5 Å². The number of carbonyl (C=O) groups is 1. The van der Waals surface area contributed by atoms with Crippen molar-refractivity contribution in [1.29, 1.82) is 0 Å². The Labute approximate surface area is 162 Å². The molecule has 1 aliphatic heterocycles. The fourth-order valence-corrected chi connectivity index (χ4v) is 4.70. The molecule has 0 spiro atoms. The summed E-state index contributed by atoms with van der Waals surface area (Å²) >= 11 is 3.16. The zero-order valence-electron chi connectivity index (χ0n) is 15.1. The van der Waals surface area contributed by atoms with Crippen LogP contribution in [0.1, 0.15) is 43.5 Å². The van der Waals surface area contributed by atoms with Crippen LogP contribution in [-0.2, 0) is 11.3 Å². The van der Waals surface area contributed by atoms with Crippen LogP contribution < -0.4 is 10.2 Å². The van der Waals surface area contributed by atoms with Crippen LogP contribution in [0.5, 0.6) is 0 Å². The number of piperidine rings is 1. The van der Waals surface area contributed by atoms with Gasteiger partial charge in [0.2, 0.25) is 11.9 Å². The van der Waals surface area contributed by atoms with Gasteiger partial charge in [-0.2, -0.15) is 0 Å². The second-order valence-electron chi connectivity index (χ2n) is 7.20. The maximum atomic E-state index is 12.2. The first-order chi connectivity index (χ1) is 12.7. The highest BCUT2D eigenvalue weighted by molar-refractivity contribution is 7.99. The Morgan fingerprint density at radius 3 is 2.81 bits per heavy atom. The second-order valence-corrected chi connectivity index (χ2v) is 9.17. The average molecular weight is 392 g/mol. The van der Waals surface area contributed by atoms with E-state index in [4.69, 9.17) is 0 Å². The van der Waals surface area contributed by atoms with Crippen molar-refractivity contribution in [2.45, 2.75) is 50.4 Å². The molecule has 2 aliphatic rings. The van der Waals surface area contributed by atoms with Crippen molar-refractivity contribution >= 4 is 35.0 Å². The molecule has 0 atom stereocenters. The first-order valence-electron chi connectivity index (χ1n) is 9.32. The van der Waals surface area contributed by atoms with E-state index >= 15 is 0 Å². The number of hydrogen-bond acceptors (Lipinski definition) is 6. The quantitative estimate of drug-likeness (QED) is 0.734. The van der Waals surface area contributed by atoms with Crippen LogP contribution in [0.3, 0.4) is 0 Å². The van der Waals surface area contributed by atoms with Gasteiger partial charge in [0.25, 0.3) is 0 Å². The molecule has 2 aromatic rings. The van der Waals surface area contributed by atoms with Gasteiger partial charge in [0.1, 0.15) is 0 Å². The van der Waals surface area contributed by atoms with E-state index in [1.54, 1.807) is 11.3 Å². The predicted molar refractivity (Wildman–Crippen MR) is 106 cm³/mol. The standard InChI is InChI=1S/C18H25N5OS2/c1-13-6-8-22(9-7-13)17-20-21-18(23(17)14-4-5-14)26-12-16(24)19-11-15-3-2-10-25-15/h2-3,10,13-14H,4-9,11-12H2,1H3,(H,19,24). The van der Waals surface area contributed by atoms with Crippen LogP contribution in [0.2, 0.25) is 0 Å². The summed E-state index contributed by atoms with van der Waals surface area (Å²) in [6.45, 7) is 5.03. The molecule has 1 aliphatic carbocycles. The Hall–Kier alpha value is -1.54. The molecule has 1 saturated carbocycles. The van der Waals surface area contributed by atoms with E-state index in [0.29, 0.717) is 18.3 Å². The van der Waals surface area contributed by atoms with Gasteiger partial charge in [-0.1, -0.05) is 24.8 Å². The summed E-state index contributed by atoms with van der Waals surface area (Å²) in [6, 6.07) is 4.55.